The van der Waals surface area contributed by atoms with Crippen LogP contribution < -0.4 is 14.1 Å². The van der Waals surface area contributed by atoms with E-state index in [1.165, 1.54) is 19.4 Å². The Labute approximate surface area is 75.6 Å². The van der Waals surface area contributed by atoms with Gasteiger partial charge in [0.1, 0.15) is 0 Å². The lowest BCUT2D eigenvalue weighted by Crippen LogP contribution is -2.19. The maximum Gasteiger partial charge on any atom is 0.381 e. The summed E-state index contributed by atoms with van der Waals surface area (Å²) in [6.45, 7) is 0. The number of hydrogen-bond acceptors (Lipinski definition) is 5. The van der Waals surface area contributed by atoms with Crippen molar-refractivity contribution < 1.29 is 17.3 Å². The van der Waals surface area contributed by atoms with E-state index in [4.69, 9.17) is 4.74 Å². The summed E-state index contributed by atoms with van der Waals surface area (Å²) < 4.78 is 30.2. The van der Waals surface area contributed by atoms with Gasteiger partial charge in [0.2, 0.25) is 0 Å². The Morgan fingerprint density at radius 3 is 2.77 bits per heavy atom. The van der Waals surface area contributed by atoms with Crippen molar-refractivity contribution in [2.24, 2.45) is 5.14 Å². The number of pyridine rings is 1. The zero-order chi connectivity index (χ0) is 9.90. The molecule has 0 aliphatic carbocycles. The fourth-order valence-corrected chi connectivity index (χ4v) is 1.05. The van der Waals surface area contributed by atoms with Gasteiger partial charge in [-0.05, 0) is 12.1 Å². The van der Waals surface area contributed by atoms with Gasteiger partial charge in [0.25, 0.3) is 5.88 Å². The van der Waals surface area contributed by atoms with Crippen molar-refractivity contribution in [3.05, 3.63) is 18.3 Å². The third-order valence-corrected chi connectivity index (χ3v) is 1.54. The SMILES string of the molecule is COc1cccnc1OS(N)(=O)=O. The average Bonchev–Trinajstić information content (AvgIpc) is 2.02. The van der Waals surface area contributed by atoms with E-state index in [1.54, 1.807) is 6.07 Å². The molecular formula is C6H8N2O4S. The number of ether oxygens (including phenoxy) is 1. The molecule has 72 valence electrons. The molecule has 7 heteroatoms. The summed E-state index contributed by atoms with van der Waals surface area (Å²) in [5.41, 5.74) is 0. The molecule has 0 bridgehead atoms. The number of rotatable bonds is 3. The highest BCUT2D eigenvalue weighted by atomic mass is 32.2. The van der Waals surface area contributed by atoms with E-state index in [-0.39, 0.29) is 11.6 Å². The first-order valence-electron chi connectivity index (χ1n) is 3.24. The molecular weight excluding hydrogens is 196 g/mol. The van der Waals surface area contributed by atoms with Crippen molar-refractivity contribution >= 4 is 10.3 Å². The molecule has 0 aliphatic heterocycles. The molecule has 2 N–H and O–H groups in total. The number of methoxy groups -OCH3 is 1. The van der Waals surface area contributed by atoms with Crippen LogP contribution >= 0.6 is 0 Å². The van der Waals surface area contributed by atoms with Gasteiger partial charge < -0.3 is 8.92 Å². The smallest absolute Gasteiger partial charge is 0.381 e. The van der Waals surface area contributed by atoms with Crippen LogP contribution in [0.4, 0.5) is 0 Å². The minimum atomic E-state index is -4.05. The summed E-state index contributed by atoms with van der Waals surface area (Å²) >= 11 is 0. The molecule has 1 aromatic heterocycles. The highest BCUT2D eigenvalue weighted by molar-refractivity contribution is 7.84. The highest BCUT2D eigenvalue weighted by Crippen LogP contribution is 2.23. The second-order valence-electron chi connectivity index (χ2n) is 2.09. The molecule has 0 radical (unpaired) electrons. The molecule has 13 heavy (non-hydrogen) atoms. The average molecular weight is 204 g/mol. The molecule has 0 spiro atoms. The van der Waals surface area contributed by atoms with Crippen LogP contribution in [-0.4, -0.2) is 20.5 Å². The van der Waals surface area contributed by atoms with Gasteiger partial charge in [0, 0.05) is 6.20 Å². The zero-order valence-electron chi connectivity index (χ0n) is 6.80. The zero-order valence-corrected chi connectivity index (χ0v) is 7.61. The van der Waals surface area contributed by atoms with E-state index < -0.39 is 10.3 Å². The number of nitrogens with zero attached hydrogens (tertiary/aromatic N) is 1. The Bertz CT molecular complexity index is 389. The molecule has 1 heterocycles. The number of nitrogens with two attached hydrogens (primary N) is 1. The van der Waals surface area contributed by atoms with Gasteiger partial charge in [-0.15, -0.1) is 0 Å². The quantitative estimate of drug-likeness (QED) is 0.728. The summed E-state index contributed by atoms with van der Waals surface area (Å²) in [6, 6.07) is 3.09. The molecule has 0 amide bonds. The van der Waals surface area contributed by atoms with Crippen LogP contribution in [0.15, 0.2) is 18.3 Å². The largest absolute Gasteiger partial charge is 0.491 e. The Balaban J connectivity index is 3.01. The van der Waals surface area contributed by atoms with Crippen molar-refractivity contribution in [3.8, 4) is 11.6 Å². The number of hydrogen-bond donors (Lipinski definition) is 1. The summed E-state index contributed by atoms with van der Waals surface area (Å²) in [7, 11) is -2.68. The standard InChI is InChI=1S/C6H8N2O4S/c1-11-5-3-2-4-8-6(5)12-13(7,9)10/h2-4H,1H3,(H2,7,9,10). The van der Waals surface area contributed by atoms with E-state index >= 15 is 0 Å². The van der Waals surface area contributed by atoms with Crippen LogP contribution in [-0.2, 0) is 10.3 Å². The molecule has 0 saturated carbocycles. The van der Waals surface area contributed by atoms with Crippen LogP contribution in [0.25, 0.3) is 0 Å². The van der Waals surface area contributed by atoms with Gasteiger partial charge in [0.05, 0.1) is 7.11 Å². The number of aromatic nitrogens is 1. The molecule has 0 unspecified atom stereocenters. The van der Waals surface area contributed by atoms with Crippen LogP contribution in [0.5, 0.6) is 11.6 Å². The first-order valence-corrected chi connectivity index (χ1v) is 4.71. The summed E-state index contributed by atoms with van der Waals surface area (Å²) in [4.78, 5) is 3.63. The van der Waals surface area contributed by atoms with E-state index in [0.717, 1.165) is 0 Å². The van der Waals surface area contributed by atoms with Crippen LogP contribution in [0.1, 0.15) is 0 Å². The summed E-state index contributed by atoms with van der Waals surface area (Å²) in [5.74, 6) is 0.0315. The first-order chi connectivity index (χ1) is 6.03. The molecule has 1 rings (SSSR count). The van der Waals surface area contributed by atoms with E-state index in [9.17, 15) is 8.42 Å². The Hall–Kier alpha value is -1.34. The van der Waals surface area contributed by atoms with Gasteiger partial charge >= 0.3 is 10.3 Å². The normalized spacial score (nSPS) is 10.9. The van der Waals surface area contributed by atoms with E-state index in [0.29, 0.717) is 0 Å². The Morgan fingerprint density at radius 2 is 2.23 bits per heavy atom. The lowest BCUT2D eigenvalue weighted by molar-refractivity contribution is 0.384. The second kappa shape index (κ2) is 3.58. The third-order valence-electron chi connectivity index (χ3n) is 1.15. The van der Waals surface area contributed by atoms with Crippen molar-refractivity contribution in [1.29, 1.82) is 0 Å². The maximum absolute atomic E-state index is 10.5. The van der Waals surface area contributed by atoms with E-state index in [2.05, 4.69) is 14.3 Å². The fraction of sp³-hybridized carbons (Fsp3) is 0.167. The van der Waals surface area contributed by atoms with Crippen molar-refractivity contribution in [2.45, 2.75) is 0 Å². The summed E-state index contributed by atoms with van der Waals surface area (Å²) in [6.07, 6.45) is 1.36. The summed E-state index contributed by atoms with van der Waals surface area (Å²) in [5, 5.41) is 4.65. The first kappa shape index (κ1) is 9.75. The minimum absolute atomic E-state index is 0.174. The van der Waals surface area contributed by atoms with E-state index in [1.807, 2.05) is 0 Å². The monoisotopic (exact) mass is 204 g/mol. The van der Waals surface area contributed by atoms with Gasteiger partial charge in [-0.25, -0.2) is 4.98 Å². The maximum atomic E-state index is 10.5. The molecule has 0 atom stereocenters. The molecule has 0 saturated heterocycles. The molecule has 0 aromatic carbocycles. The molecule has 0 aliphatic rings. The van der Waals surface area contributed by atoms with Crippen LogP contribution in [0, 0.1) is 0 Å². The lowest BCUT2D eigenvalue weighted by Gasteiger charge is -2.05. The lowest BCUT2D eigenvalue weighted by atomic mass is 10.4. The van der Waals surface area contributed by atoms with Gasteiger partial charge in [0.15, 0.2) is 5.75 Å². The molecule has 0 fully saturated rings. The predicted octanol–water partition coefficient (Wildman–Crippen LogP) is -0.328. The second-order valence-corrected chi connectivity index (χ2v) is 3.24. The predicted molar refractivity (Wildman–Crippen MR) is 44.5 cm³/mol. The minimum Gasteiger partial charge on any atom is -0.491 e. The van der Waals surface area contributed by atoms with Crippen molar-refractivity contribution in [1.82, 2.24) is 4.98 Å². The van der Waals surface area contributed by atoms with Gasteiger partial charge in [-0.1, -0.05) is 0 Å². The molecule has 1 aromatic rings. The fourth-order valence-electron chi connectivity index (χ4n) is 0.704. The Morgan fingerprint density at radius 1 is 1.54 bits per heavy atom. The van der Waals surface area contributed by atoms with Crippen molar-refractivity contribution in [3.63, 3.8) is 0 Å². The van der Waals surface area contributed by atoms with Crippen LogP contribution in [0.2, 0.25) is 0 Å². The topological polar surface area (TPSA) is 91.5 Å². The molecule has 6 nitrogen and oxygen atoms in total. The van der Waals surface area contributed by atoms with Crippen molar-refractivity contribution in [2.75, 3.05) is 7.11 Å². The van der Waals surface area contributed by atoms with Gasteiger partial charge in [-0.2, -0.15) is 13.6 Å². The third kappa shape index (κ3) is 2.88. The van der Waals surface area contributed by atoms with Gasteiger partial charge in [-0.3, -0.25) is 0 Å². The highest BCUT2D eigenvalue weighted by Gasteiger charge is 2.11. The Kier molecular flexibility index (Phi) is 2.69. The van der Waals surface area contributed by atoms with Crippen LogP contribution in [0.3, 0.4) is 0 Å².